The Balaban J connectivity index is 1.98. The molecule has 0 fully saturated rings. The van der Waals surface area contributed by atoms with Gasteiger partial charge in [0.15, 0.2) is 12.0 Å². The van der Waals surface area contributed by atoms with Gasteiger partial charge in [0.25, 0.3) is 0 Å². The van der Waals surface area contributed by atoms with Crippen LogP contribution in [0.4, 0.5) is 5.69 Å². The number of ether oxygens (including phenoxy) is 1. The zero-order valence-electron chi connectivity index (χ0n) is 17.2. The monoisotopic (exact) mass is 410 g/mol. The van der Waals surface area contributed by atoms with E-state index in [1.54, 1.807) is 36.4 Å². The molecule has 0 atom stereocenters. The summed E-state index contributed by atoms with van der Waals surface area (Å²) in [7, 11) is 0. The predicted molar refractivity (Wildman–Crippen MR) is 113 cm³/mol. The van der Waals surface area contributed by atoms with E-state index in [4.69, 9.17) is 9.84 Å². The fourth-order valence-electron chi connectivity index (χ4n) is 3.14. The number of carbonyl (C=O) groups is 2. The van der Waals surface area contributed by atoms with E-state index in [9.17, 15) is 20.0 Å². The van der Waals surface area contributed by atoms with Crippen LogP contribution >= 0.6 is 0 Å². The first-order valence-corrected chi connectivity index (χ1v) is 9.84. The predicted octanol–water partition coefficient (Wildman–Crippen LogP) is 3.93. The van der Waals surface area contributed by atoms with E-state index in [1.165, 1.54) is 11.8 Å². The number of anilines is 1. The standard InChI is InChI=1S/C23H26N2O5/c1-3-5-20-21(11-10-19(16(2)26)23(20)29)30-13-4-12-25(15-24)18-8-6-17(7-9-18)14-22(27)28/h6-11,29H,3-5,12-14H2,1-2H3,(H,27,28). The highest BCUT2D eigenvalue weighted by molar-refractivity contribution is 5.97. The Bertz CT molecular complexity index is 932. The zero-order chi connectivity index (χ0) is 22.1. The van der Waals surface area contributed by atoms with Gasteiger partial charge in [0, 0.05) is 18.5 Å². The summed E-state index contributed by atoms with van der Waals surface area (Å²) in [5, 5.41) is 28.6. The molecule has 0 amide bonds. The van der Waals surface area contributed by atoms with Gasteiger partial charge in [0.05, 0.1) is 24.3 Å². The fraction of sp³-hybridized carbons (Fsp3) is 0.348. The van der Waals surface area contributed by atoms with Crippen LogP contribution in [-0.2, 0) is 17.6 Å². The number of ketones is 1. The average Bonchev–Trinajstić information content (AvgIpc) is 2.70. The third-order valence-corrected chi connectivity index (χ3v) is 4.63. The molecule has 2 N–H and O–H groups in total. The maximum atomic E-state index is 11.6. The molecule has 0 bridgehead atoms. The molecule has 2 aromatic carbocycles. The van der Waals surface area contributed by atoms with E-state index in [2.05, 4.69) is 6.19 Å². The van der Waals surface area contributed by atoms with Crippen LogP contribution in [0.3, 0.4) is 0 Å². The average molecular weight is 410 g/mol. The van der Waals surface area contributed by atoms with Gasteiger partial charge >= 0.3 is 5.97 Å². The lowest BCUT2D eigenvalue weighted by atomic mass is 10.0. The third kappa shape index (κ3) is 5.98. The number of rotatable bonds is 11. The number of hydrogen-bond acceptors (Lipinski definition) is 6. The van der Waals surface area contributed by atoms with Crippen molar-refractivity contribution in [3.63, 3.8) is 0 Å². The molecule has 7 heteroatoms. The smallest absolute Gasteiger partial charge is 0.307 e. The van der Waals surface area contributed by atoms with Crippen LogP contribution < -0.4 is 9.64 Å². The molecular formula is C23H26N2O5. The molecule has 7 nitrogen and oxygen atoms in total. The lowest BCUT2D eigenvalue weighted by Gasteiger charge is -2.17. The molecule has 0 unspecified atom stereocenters. The van der Waals surface area contributed by atoms with Crippen molar-refractivity contribution in [2.45, 2.75) is 39.5 Å². The molecule has 2 aromatic rings. The van der Waals surface area contributed by atoms with Crippen molar-refractivity contribution in [2.24, 2.45) is 0 Å². The second-order valence-corrected chi connectivity index (χ2v) is 6.94. The van der Waals surface area contributed by atoms with Gasteiger partial charge in [0.1, 0.15) is 11.5 Å². The largest absolute Gasteiger partial charge is 0.507 e. The molecule has 0 aliphatic heterocycles. The second-order valence-electron chi connectivity index (χ2n) is 6.94. The van der Waals surface area contributed by atoms with Gasteiger partial charge in [-0.15, -0.1) is 0 Å². The SMILES string of the molecule is CCCc1c(OCCCN(C#N)c2ccc(CC(=O)O)cc2)ccc(C(C)=O)c1O. The lowest BCUT2D eigenvalue weighted by Crippen LogP contribution is -2.20. The molecule has 0 heterocycles. The third-order valence-electron chi connectivity index (χ3n) is 4.63. The van der Waals surface area contributed by atoms with Crippen molar-refractivity contribution in [3.8, 4) is 17.7 Å². The Morgan fingerprint density at radius 3 is 2.43 bits per heavy atom. The van der Waals surface area contributed by atoms with Crippen LogP contribution in [0.2, 0.25) is 0 Å². The van der Waals surface area contributed by atoms with Crippen molar-refractivity contribution in [1.29, 1.82) is 5.26 Å². The number of Topliss-reactive ketones (excluding diaryl/α,β-unsaturated/α-hetero) is 1. The van der Waals surface area contributed by atoms with Gasteiger partial charge in [-0.25, -0.2) is 0 Å². The molecule has 30 heavy (non-hydrogen) atoms. The lowest BCUT2D eigenvalue weighted by molar-refractivity contribution is -0.136. The first-order valence-electron chi connectivity index (χ1n) is 9.84. The number of nitrogens with zero attached hydrogens (tertiary/aromatic N) is 2. The van der Waals surface area contributed by atoms with Crippen molar-refractivity contribution in [3.05, 3.63) is 53.1 Å². The first-order chi connectivity index (χ1) is 14.4. The number of carboxylic acids is 1. The summed E-state index contributed by atoms with van der Waals surface area (Å²) in [6.45, 7) is 4.16. The van der Waals surface area contributed by atoms with Gasteiger partial charge in [-0.1, -0.05) is 25.5 Å². The topological polar surface area (TPSA) is 111 Å². The Morgan fingerprint density at radius 1 is 1.17 bits per heavy atom. The van der Waals surface area contributed by atoms with Gasteiger partial charge < -0.3 is 14.9 Å². The van der Waals surface area contributed by atoms with E-state index in [0.29, 0.717) is 48.6 Å². The number of hydrogen-bond donors (Lipinski definition) is 2. The van der Waals surface area contributed by atoms with Crippen LogP contribution in [0.1, 0.15) is 48.2 Å². The maximum Gasteiger partial charge on any atom is 0.307 e. The van der Waals surface area contributed by atoms with Crippen molar-refractivity contribution < 1.29 is 24.5 Å². The van der Waals surface area contributed by atoms with Crippen molar-refractivity contribution in [1.82, 2.24) is 0 Å². The summed E-state index contributed by atoms with van der Waals surface area (Å²) >= 11 is 0. The molecule has 0 aromatic heterocycles. The fourth-order valence-corrected chi connectivity index (χ4v) is 3.14. The van der Waals surface area contributed by atoms with E-state index in [-0.39, 0.29) is 23.5 Å². The van der Waals surface area contributed by atoms with E-state index in [1.807, 2.05) is 6.92 Å². The van der Waals surface area contributed by atoms with Gasteiger partial charge in [-0.3, -0.25) is 14.5 Å². The Labute approximate surface area is 176 Å². The quantitative estimate of drug-likeness (QED) is 0.250. The van der Waals surface area contributed by atoms with Crippen LogP contribution in [0.15, 0.2) is 36.4 Å². The molecular weight excluding hydrogens is 384 g/mol. The molecule has 0 saturated heterocycles. The normalized spacial score (nSPS) is 10.3. The van der Waals surface area contributed by atoms with Gasteiger partial charge in [-0.2, -0.15) is 5.26 Å². The molecule has 2 rings (SSSR count). The zero-order valence-corrected chi connectivity index (χ0v) is 17.2. The Morgan fingerprint density at radius 2 is 1.87 bits per heavy atom. The van der Waals surface area contributed by atoms with Crippen LogP contribution in [0, 0.1) is 11.5 Å². The molecule has 0 radical (unpaired) electrons. The number of benzene rings is 2. The molecule has 0 spiro atoms. The summed E-state index contributed by atoms with van der Waals surface area (Å²) < 4.78 is 5.83. The highest BCUT2D eigenvalue weighted by atomic mass is 16.5. The Kier molecular flexibility index (Phi) is 8.24. The van der Waals surface area contributed by atoms with Crippen molar-refractivity contribution >= 4 is 17.4 Å². The minimum atomic E-state index is -0.901. The molecule has 0 saturated carbocycles. The Hall–Kier alpha value is -3.53. The van der Waals surface area contributed by atoms with E-state index in [0.717, 1.165) is 6.42 Å². The highest BCUT2D eigenvalue weighted by Crippen LogP contribution is 2.33. The van der Waals surface area contributed by atoms with Crippen LogP contribution in [0.5, 0.6) is 11.5 Å². The summed E-state index contributed by atoms with van der Waals surface area (Å²) in [5.41, 5.74) is 2.26. The summed E-state index contributed by atoms with van der Waals surface area (Å²) in [4.78, 5) is 23.9. The summed E-state index contributed by atoms with van der Waals surface area (Å²) in [6.07, 6.45) is 4.01. The number of aliphatic carboxylic acids is 1. The van der Waals surface area contributed by atoms with Gasteiger partial charge in [-0.05, 0) is 43.2 Å². The number of phenolic OH excluding ortho intramolecular Hbond substituents is 1. The molecule has 158 valence electrons. The molecule has 0 aliphatic carbocycles. The summed E-state index contributed by atoms with van der Waals surface area (Å²) in [5.74, 6) is -0.583. The number of aromatic hydroxyl groups is 1. The number of carboxylic acid groups (broad SMARTS) is 1. The minimum absolute atomic E-state index is 0.0260. The number of phenols is 1. The van der Waals surface area contributed by atoms with Crippen LogP contribution in [-0.4, -0.2) is 35.1 Å². The van der Waals surface area contributed by atoms with E-state index >= 15 is 0 Å². The first kappa shape index (κ1) is 22.8. The second kappa shape index (κ2) is 10.9. The number of nitriles is 1. The van der Waals surface area contributed by atoms with E-state index < -0.39 is 5.97 Å². The summed E-state index contributed by atoms with van der Waals surface area (Å²) in [6, 6.07) is 10.1. The van der Waals surface area contributed by atoms with Gasteiger partial charge in [0.2, 0.25) is 0 Å². The molecule has 0 aliphatic rings. The minimum Gasteiger partial charge on any atom is -0.507 e. The maximum absolute atomic E-state index is 11.6. The number of carbonyl (C=O) groups excluding carboxylic acids is 1. The van der Waals surface area contributed by atoms with Crippen molar-refractivity contribution in [2.75, 3.05) is 18.1 Å². The van der Waals surface area contributed by atoms with Crippen LogP contribution in [0.25, 0.3) is 0 Å². The highest BCUT2D eigenvalue weighted by Gasteiger charge is 2.16.